The first-order valence-electron chi connectivity index (χ1n) is 5.47. The van der Waals surface area contributed by atoms with Crippen LogP contribution in [0.3, 0.4) is 0 Å². The van der Waals surface area contributed by atoms with Gasteiger partial charge in [0.1, 0.15) is 0 Å². The number of ether oxygens (including phenoxy) is 1. The molecule has 4 nitrogen and oxygen atoms in total. The van der Waals surface area contributed by atoms with Gasteiger partial charge in [-0.15, -0.1) is 0 Å². The van der Waals surface area contributed by atoms with Crippen LogP contribution in [0, 0.1) is 0 Å². The molecule has 0 aliphatic carbocycles. The van der Waals surface area contributed by atoms with Crippen LogP contribution in [-0.4, -0.2) is 36.8 Å². The lowest BCUT2D eigenvalue weighted by Crippen LogP contribution is -2.29. The van der Waals surface area contributed by atoms with Gasteiger partial charge in [0, 0.05) is 18.2 Å². The second-order valence-electron chi connectivity index (χ2n) is 4.28. The molecule has 4 heteroatoms. The van der Waals surface area contributed by atoms with E-state index in [0.29, 0.717) is 5.75 Å². The number of aromatic hydroxyl groups is 1. The van der Waals surface area contributed by atoms with Crippen LogP contribution < -0.4 is 10.5 Å². The minimum Gasteiger partial charge on any atom is -0.504 e. The Morgan fingerprint density at radius 2 is 2.25 bits per heavy atom. The molecule has 1 aromatic carbocycles. The Morgan fingerprint density at radius 1 is 1.50 bits per heavy atom. The van der Waals surface area contributed by atoms with Gasteiger partial charge in [-0.25, -0.2) is 0 Å². The molecule has 1 heterocycles. The summed E-state index contributed by atoms with van der Waals surface area (Å²) in [6.07, 6.45) is 0.956. The van der Waals surface area contributed by atoms with Crippen molar-refractivity contribution in [1.29, 1.82) is 0 Å². The minimum atomic E-state index is 0.0722. The number of phenolic OH excluding ortho intramolecular Hbond substituents is 1. The van der Waals surface area contributed by atoms with Gasteiger partial charge in [-0.3, -0.25) is 4.90 Å². The smallest absolute Gasteiger partial charge is 0.162 e. The first-order valence-corrected chi connectivity index (χ1v) is 5.47. The summed E-state index contributed by atoms with van der Waals surface area (Å²) in [5.74, 6) is 0.712. The van der Waals surface area contributed by atoms with E-state index in [-0.39, 0.29) is 17.8 Å². The highest BCUT2D eigenvalue weighted by Gasteiger charge is 2.32. The van der Waals surface area contributed by atoms with Gasteiger partial charge < -0.3 is 15.6 Å². The summed E-state index contributed by atoms with van der Waals surface area (Å²) >= 11 is 0. The highest BCUT2D eigenvalue weighted by Crippen LogP contribution is 2.39. The summed E-state index contributed by atoms with van der Waals surface area (Å²) in [5, 5.41) is 10.1. The Kier molecular flexibility index (Phi) is 3.03. The molecule has 1 aliphatic rings. The Hall–Kier alpha value is -1.26. The number of para-hydroxylation sites is 1. The molecular formula is C12H18N2O2. The van der Waals surface area contributed by atoms with Gasteiger partial charge in [0.25, 0.3) is 0 Å². The first-order chi connectivity index (χ1) is 7.65. The number of nitrogens with two attached hydrogens (primary N) is 1. The van der Waals surface area contributed by atoms with Crippen molar-refractivity contribution in [3.63, 3.8) is 0 Å². The molecule has 0 spiro atoms. The summed E-state index contributed by atoms with van der Waals surface area (Å²) in [5.41, 5.74) is 6.92. The minimum absolute atomic E-state index is 0.0722. The van der Waals surface area contributed by atoms with E-state index in [0.717, 1.165) is 18.5 Å². The SMILES string of the molecule is COc1cccc(C2C(N)CCN2C)c1O. The molecular weight excluding hydrogens is 204 g/mol. The maximum Gasteiger partial charge on any atom is 0.162 e. The van der Waals surface area contributed by atoms with Gasteiger partial charge in [-0.05, 0) is 19.5 Å². The fraction of sp³-hybridized carbons (Fsp3) is 0.500. The molecule has 1 fully saturated rings. The van der Waals surface area contributed by atoms with Crippen LogP contribution in [0.1, 0.15) is 18.0 Å². The predicted octanol–water partition coefficient (Wildman–Crippen LogP) is 1.10. The highest BCUT2D eigenvalue weighted by atomic mass is 16.5. The number of hydrogen-bond acceptors (Lipinski definition) is 4. The van der Waals surface area contributed by atoms with Crippen LogP contribution in [0.25, 0.3) is 0 Å². The number of rotatable bonds is 2. The number of phenols is 1. The average molecular weight is 222 g/mol. The zero-order chi connectivity index (χ0) is 11.7. The van der Waals surface area contributed by atoms with Crippen molar-refractivity contribution in [1.82, 2.24) is 4.90 Å². The van der Waals surface area contributed by atoms with Gasteiger partial charge in [-0.1, -0.05) is 12.1 Å². The molecule has 2 unspecified atom stereocenters. The van der Waals surface area contributed by atoms with Gasteiger partial charge in [-0.2, -0.15) is 0 Å². The van der Waals surface area contributed by atoms with Gasteiger partial charge in [0.15, 0.2) is 11.5 Å². The van der Waals surface area contributed by atoms with Crippen molar-refractivity contribution in [2.75, 3.05) is 20.7 Å². The number of benzene rings is 1. The maximum atomic E-state index is 10.1. The lowest BCUT2D eigenvalue weighted by molar-refractivity contribution is 0.291. The summed E-state index contributed by atoms with van der Waals surface area (Å²) in [4.78, 5) is 2.17. The van der Waals surface area contributed by atoms with E-state index in [1.54, 1.807) is 13.2 Å². The lowest BCUT2D eigenvalue weighted by Gasteiger charge is -2.24. The standard InChI is InChI=1S/C12H18N2O2/c1-14-7-6-9(13)11(14)8-4-3-5-10(16-2)12(8)15/h3-5,9,11,15H,6-7,13H2,1-2H3. The van der Waals surface area contributed by atoms with Crippen molar-refractivity contribution >= 4 is 0 Å². The third-order valence-electron chi connectivity index (χ3n) is 3.26. The molecule has 0 bridgehead atoms. The molecule has 1 aliphatic heterocycles. The van der Waals surface area contributed by atoms with Crippen molar-refractivity contribution in [2.24, 2.45) is 5.73 Å². The molecule has 0 radical (unpaired) electrons. The van der Waals surface area contributed by atoms with Crippen LogP contribution in [0.2, 0.25) is 0 Å². The molecule has 16 heavy (non-hydrogen) atoms. The van der Waals surface area contributed by atoms with E-state index >= 15 is 0 Å². The van der Waals surface area contributed by atoms with Crippen LogP contribution in [0.15, 0.2) is 18.2 Å². The molecule has 1 saturated heterocycles. The summed E-state index contributed by atoms with van der Waals surface area (Å²) in [6.45, 7) is 0.961. The topological polar surface area (TPSA) is 58.7 Å². The second kappa shape index (κ2) is 4.31. The van der Waals surface area contributed by atoms with Crippen molar-refractivity contribution in [3.05, 3.63) is 23.8 Å². The van der Waals surface area contributed by atoms with E-state index in [1.807, 2.05) is 19.2 Å². The Labute approximate surface area is 95.6 Å². The number of methoxy groups -OCH3 is 1. The molecule has 0 amide bonds. The van der Waals surface area contributed by atoms with E-state index in [2.05, 4.69) is 4.90 Å². The van der Waals surface area contributed by atoms with Gasteiger partial charge in [0.2, 0.25) is 0 Å². The molecule has 3 N–H and O–H groups in total. The van der Waals surface area contributed by atoms with Crippen LogP contribution in [0.5, 0.6) is 11.5 Å². The van der Waals surface area contributed by atoms with Crippen molar-refractivity contribution in [3.8, 4) is 11.5 Å². The molecule has 0 aromatic heterocycles. The fourth-order valence-electron chi connectivity index (χ4n) is 2.39. The molecule has 2 rings (SSSR count). The van der Waals surface area contributed by atoms with E-state index in [9.17, 15) is 5.11 Å². The number of hydrogen-bond donors (Lipinski definition) is 2. The van der Waals surface area contributed by atoms with E-state index in [4.69, 9.17) is 10.5 Å². The summed E-state index contributed by atoms with van der Waals surface area (Å²) in [6, 6.07) is 5.69. The third kappa shape index (κ3) is 1.74. The molecule has 2 atom stereocenters. The van der Waals surface area contributed by atoms with Crippen LogP contribution >= 0.6 is 0 Å². The first kappa shape index (κ1) is 11.2. The van der Waals surface area contributed by atoms with Gasteiger partial charge in [0.05, 0.1) is 13.2 Å². The zero-order valence-corrected chi connectivity index (χ0v) is 9.68. The summed E-state index contributed by atoms with van der Waals surface area (Å²) < 4.78 is 5.11. The second-order valence-corrected chi connectivity index (χ2v) is 4.28. The Bertz CT molecular complexity index is 371. The largest absolute Gasteiger partial charge is 0.504 e. The zero-order valence-electron chi connectivity index (χ0n) is 9.68. The monoisotopic (exact) mass is 222 g/mol. The van der Waals surface area contributed by atoms with Crippen LogP contribution in [-0.2, 0) is 0 Å². The van der Waals surface area contributed by atoms with Crippen molar-refractivity contribution < 1.29 is 9.84 Å². The Morgan fingerprint density at radius 3 is 2.81 bits per heavy atom. The quantitative estimate of drug-likeness (QED) is 0.787. The predicted molar refractivity (Wildman–Crippen MR) is 62.6 cm³/mol. The van der Waals surface area contributed by atoms with Gasteiger partial charge >= 0.3 is 0 Å². The molecule has 88 valence electrons. The number of likely N-dealkylation sites (N-methyl/N-ethyl adjacent to an activating group) is 1. The van der Waals surface area contributed by atoms with E-state index in [1.165, 1.54) is 0 Å². The maximum absolute atomic E-state index is 10.1. The van der Waals surface area contributed by atoms with Crippen molar-refractivity contribution in [2.45, 2.75) is 18.5 Å². The molecule has 0 saturated carbocycles. The molecule has 1 aromatic rings. The Balaban J connectivity index is 2.39. The average Bonchev–Trinajstić information content (AvgIpc) is 2.60. The lowest BCUT2D eigenvalue weighted by atomic mass is 9.99. The number of nitrogens with zero attached hydrogens (tertiary/aromatic N) is 1. The highest BCUT2D eigenvalue weighted by molar-refractivity contribution is 5.47. The van der Waals surface area contributed by atoms with E-state index < -0.39 is 0 Å². The van der Waals surface area contributed by atoms with Crippen LogP contribution in [0.4, 0.5) is 0 Å². The third-order valence-corrected chi connectivity index (χ3v) is 3.26. The fourth-order valence-corrected chi connectivity index (χ4v) is 2.39. The number of likely N-dealkylation sites (tertiary alicyclic amines) is 1. The summed E-state index contributed by atoms with van der Waals surface area (Å²) in [7, 11) is 3.58. The normalized spacial score (nSPS) is 25.9.